The fourth-order valence-corrected chi connectivity index (χ4v) is 2.14. The Labute approximate surface area is 208 Å². The molecule has 0 aromatic heterocycles. The minimum Gasteiger partial charge on any atom is -0.744 e. The first-order valence-corrected chi connectivity index (χ1v) is 10.8. The predicted octanol–water partition coefficient (Wildman–Crippen LogP) is 2.60. The molecule has 0 unspecified atom stereocenters. The second-order valence-corrected chi connectivity index (χ2v) is 7.90. The van der Waals surface area contributed by atoms with Crippen molar-refractivity contribution in [3.8, 4) is 0 Å². The summed E-state index contributed by atoms with van der Waals surface area (Å²) >= 11 is 0. The molecule has 0 spiro atoms. The van der Waals surface area contributed by atoms with E-state index in [-0.39, 0.29) is 29.6 Å². The molecule has 31 heavy (non-hydrogen) atoms. The van der Waals surface area contributed by atoms with Gasteiger partial charge in [-0.05, 0) is 36.5 Å². The smallest absolute Gasteiger partial charge is 0.744 e. The third kappa shape index (κ3) is 19.7. The zero-order valence-corrected chi connectivity index (χ0v) is 21.4. The summed E-state index contributed by atoms with van der Waals surface area (Å²) in [6, 6.07) is 18.8. The number of aliphatic carboxylic acids is 1. The van der Waals surface area contributed by atoms with Gasteiger partial charge in [0.1, 0.15) is 10.1 Å². The van der Waals surface area contributed by atoms with Crippen molar-refractivity contribution >= 4 is 28.2 Å². The minimum absolute atomic E-state index is 0. The van der Waals surface area contributed by atoms with Gasteiger partial charge in [-0.25, -0.2) is 13.2 Å². The van der Waals surface area contributed by atoms with Crippen molar-refractivity contribution in [3.05, 3.63) is 95.4 Å². The number of hydrogen-bond donors (Lipinski definition) is 1. The molecule has 2 aromatic carbocycles. The molecule has 0 aliphatic rings. The predicted molar refractivity (Wildman–Crippen MR) is 123 cm³/mol. The van der Waals surface area contributed by atoms with Crippen LogP contribution in [-0.2, 0) is 14.9 Å². The Morgan fingerprint density at radius 3 is 1.81 bits per heavy atom. The molecule has 0 radical (unpaired) electrons. The van der Waals surface area contributed by atoms with Crippen LogP contribution in [0.4, 0.5) is 0 Å². The molecule has 7 heteroatoms. The zero-order valence-electron chi connectivity index (χ0n) is 18.6. The molecule has 162 valence electrons. The maximum absolute atomic E-state index is 10.2. The number of hydrogen-bond acceptors (Lipinski definition) is 4. The molecule has 5 nitrogen and oxygen atoms in total. The third-order valence-corrected chi connectivity index (χ3v) is 3.96. The number of rotatable bonds is 6. The molecule has 0 bridgehead atoms. The van der Waals surface area contributed by atoms with Gasteiger partial charge in [0.25, 0.3) is 0 Å². The van der Waals surface area contributed by atoms with E-state index in [1.807, 2.05) is 42.5 Å². The molecule has 0 atom stereocenters. The standard InChI is InChI=1S/C8H8O3S.C8H14O2.C8H8.Na/c9-12(10,11)7-6-8-4-2-1-3-5-8;1-6(2)4-5-7(3)8(9)10;1-2-8-6-4-3-5-7-8;/h1-7H,(H,9,10,11);5-6H,4H2,1-3H3,(H,9,10);2-7H,1H2;/q;;;+1/p-1. The molecule has 2 rings (SSSR count). The van der Waals surface area contributed by atoms with Crippen LogP contribution in [0.5, 0.6) is 0 Å². The second-order valence-electron chi connectivity index (χ2n) is 6.64. The van der Waals surface area contributed by atoms with E-state index in [1.165, 1.54) is 11.6 Å². The molecule has 0 fully saturated rings. The van der Waals surface area contributed by atoms with Gasteiger partial charge in [-0.1, -0.05) is 93.2 Å². The molecule has 1 N–H and O–H groups in total. The summed E-state index contributed by atoms with van der Waals surface area (Å²) in [4.78, 5) is 10.2. The molecule has 0 aliphatic heterocycles. The summed E-state index contributed by atoms with van der Waals surface area (Å²) in [6.07, 6.45) is 5.70. The first-order valence-electron chi connectivity index (χ1n) is 9.31. The van der Waals surface area contributed by atoms with E-state index in [0.717, 1.165) is 6.42 Å². The van der Waals surface area contributed by atoms with Gasteiger partial charge >= 0.3 is 35.5 Å². The first kappa shape index (κ1) is 31.2. The Hall–Kier alpha value is -1.96. The number of carboxylic acids is 1. The summed E-state index contributed by atoms with van der Waals surface area (Å²) in [5.41, 5.74) is 2.30. The fourth-order valence-electron chi connectivity index (χ4n) is 1.81. The van der Waals surface area contributed by atoms with E-state index in [1.54, 1.807) is 37.3 Å². The summed E-state index contributed by atoms with van der Waals surface area (Å²) in [6.45, 7) is 9.37. The van der Waals surface area contributed by atoms with Gasteiger partial charge in [0.15, 0.2) is 0 Å². The second kappa shape index (κ2) is 17.7. The fraction of sp³-hybridized carbons (Fsp3) is 0.208. The SMILES string of the molecule is C=Cc1ccccc1.CC(=CCC(C)C)C(=O)O.O=S(=O)([O-])C=Cc1ccccc1.[Na+]. The van der Waals surface area contributed by atoms with E-state index in [9.17, 15) is 17.8 Å². The van der Waals surface area contributed by atoms with Gasteiger partial charge in [0.05, 0.1) is 0 Å². The van der Waals surface area contributed by atoms with Crippen molar-refractivity contribution in [1.29, 1.82) is 0 Å². The van der Waals surface area contributed by atoms with Crippen molar-refractivity contribution in [2.75, 3.05) is 0 Å². The van der Waals surface area contributed by atoms with E-state index in [2.05, 4.69) is 20.4 Å². The topological polar surface area (TPSA) is 94.5 Å². The Bertz CT molecular complexity index is 919. The number of benzene rings is 2. The Morgan fingerprint density at radius 1 is 1.03 bits per heavy atom. The number of allylic oxidation sites excluding steroid dienone is 1. The third-order valence-electron chi connectivity index (χ3n) is 3.49. The zero-order chi connectivity index (χ0) is 23.0. The van der Waals surface area contributed by atoms with Gasteiger partial charge < -0.3 is 9.66 Å². The Balaban J connectivity index is 0. The first-order chi connectivity index (χ1) is 14.0. The van der Waals surface area contributed by atoms with E-state index in [4.69, 9.17) is 5.11 Å². The van der Waals surface area contributed by atoms with Crippen LogP contribution in [-0.4, -0.2) is 24.0 Å². The molecular formula is C24H29NaO5S. The van der Waals surface area contributed by atoms with Crippen molar-refractivity contribution in [2.24, 2.45) is 5.92 Å². The summed E-state index contributed by atoms with van der Waals surface area (Å²) < 4.78 is 30.5. The quantitative estimate of drug-likeness (QED) is 0.413. The molecule has 0 heterocycles. The van der Waals surface area contributed by atoms with Crippen LogP contribution in [0.1, 0.15) is 38.3 Å². The Morgan fingerprint density at radius 2 is 1.48 bits per heavy atom. The number of carboxylic acid groups (broad SMARTS) is 1. The van der Waals surface area contributed by atoms with E-state index in [0.29, 0.717) is 22.5 Å². The van der Waals surface area contributed by atoms with Crippen LogP contribution in [0.3, 0.4) is 0 Å². The van der Waals surface area contributed by atoms with Crippen LogP contribution in [0.15, 0.2) is 84.3 Å². The van der Waals surface area contributed by atoms with Crippen molar-refractivity contribution in [1.82, 2.24) is 0 Å². The maximum Gasteiger partial charge on any atom is 1.00 e. The van der Waals surface area contributed by atoms with Crippen LogP contribution in [0.25, 0.3) is 12.2 Å². The van der Waals surface area contributed by atoms with Crippen LogP contribution < -0.4 is 29.6 Å². The van der Waals surface area contributed by atoms with E-state index >= 15 is 0 Å². The van der Waals surface area contributed by atoms with E-state index < -0.39 is 16.1 Å². The van der Waals surface area contributed by atoms with Gasteiger partial charge in [-0.3, -0.25) is 0 Å². The monoisotopic (exact) mass is 452 g/mol. The molecule has 0 saturated carbocycles. The average molecular weight is 453 g/mol. The van der Waals surface area contributed by atoms with Crippen LogP contribution >= 0.6 is 0 Å². The Kier molecular flexibility index (Phi) is 17.8. The molecular weight excluding hydrogens is 423 g/mol. The molecule has 2 aromatic rings. The summed E-state index contributed by atoms with van der Waals surface area (Å²) in [7, 11) is -4.25. The van der Waals surface area contributed by atoms with Gasteiger partial charge in [0, 0.05) is 11.0 Å². The minimum atomic E-state index is -4.25. The van der Waals surface area contributed by atoms with Crippen LogP contribution in [0.2, 0.25) is 0 Å². The average Bonchev–Trinajstić information content (AvgIpc) is 2.72. The molecule has 0 amide bonds. The number of carbonyl (C=O) groups is 1. The van der Waals surface area contributed by atoms with Crippen LogP contribution in [0, 0.1) is 5.92 Å². The van der Waals surface area contributed by atoms with Gasteiger partial charge in [0.2, 0.25) is 0 Å². The van der Waals surface area contributed by atoms with Crippen molar-refractivity contribution in [2.45, 2.75) is 27.2 Å². The largest absolute Gasteiger partial charge is 1.00 e. The molecule has 0 saturated heterocycles. The normalized spacial score (nSPS) is 10.8. The summed E-state index contributed by atoms with van der Waals surface area (Å²) in [5.74, 6) is -0.282. The van der Waals surface area contributed by atoms with Crippen molar-refractivity contribution < 1.29 is 52.4 Å². The van der Waals surface area contributed by atoms with Gasteiger partial charge in [-0.2, -0.15) is 0 Å². The van der Waals surface area contributed by atoms with Crippen molar-refractivity contribution in [3.63, 3.8) is 0 Å². The summed E-state index contributed by atoms with van der Waals surface area (Å²) in [5, 5.41) is 9.07. The maximum atomic E-state index is 10.2. The molecule has 0 aliphatic carbocycles. The van der Waals surface area contributed by atoms with Gasteiger partial charge in [-0.15, -0.1) is 0 Å².